The van der Waals surface area contributed by atoms with Crippen molar-refractivity contribution in [1.29, 1.82) is 0 Å². The van der Waals surface area contributed by atoms with Gasteiger partial charge in [-0.2, -0.15) is 13.2 Å². The molecule has 0 saturated heterocycles. The molecule has 0 saturated carbocycles. The maximum absolute atomic E-state index is 12.9. The fourth-order valence-corrected chi connectivity index (χ4v) is 3.02. The molecule has 0 atom stereocenters. The first-order chi connectivity index (χ1) is 9.40. The van der Waals surface area contributed by atoms with Crippen LogP contribution in [0.1, 0.15) is 21.1 Å². The molecule has 0 amide bonds. The largest absolute Gasteiger partial charge is 0.434 e. The second kappa shape index (κ2) is 6.11. The Morgan fingerprint density at radius 1 is 1.25 bits per heavy atom. The monoisotopic (exact) mass is 320 g/mol. The van der Waals surface area contributed by atoms with Crippen molar-refractivity contribution in [3.8, 4) is 0 Å². The zero-order chi connectivity index (χ0) is 14.8. The fourth-order valence-electron chi connectivity index (χ4n) is 1.75. The van der Waals surface area contributed by atoms with Gasteiger partial charge < -0.3 is 5.32 Å². The first-order valence-electron chi connectivity index (χ1n) is 5.85. The van der Waals surface area contributed by atoms with Crippen molar-refractivity contribution in [2.75, 3.05) is 7.05 Å². The van der Waals surface area contributed by atoms with Gasteiger partial charge in [-0.15, -0.1) is 11.3 Å². The quantitative estimate of drug-likeness (QED) is 0.916. The molecule has 0 aliphatic carbocycles. The third-order valence-electron chi connectivity index (χ3n) is 2.62. The van der Waals surface area contributed by atoms with E-state index in [0.29, 0.717) is 16.5 Å². The minimum atomic E-state index is -4.42. The first-order valence-corrected chi connectivity index (χ1v) is 7.04. The van der Waals surface area contributed by atoms with Crippen molar-refractivity contribution >= 4 is 22.9 Å². The molecular weight excluding hydrogens is 309 g/mol. The van der Waals surface area contributed by atoms with Gasteiger partial charge in [0.05, 0.1) is 9.88 Å². The van der Waals surface area contributed by atoms with Crippen LogP contribution in [-0.2, 0) is 19.1 Å². The highest BCUT2D eigenvalue weighted by molar-refractivity contribution is 7.11. The van der Waals surface area contributed by atoms with Gasteiger partial charge in [0.15, 0.2) is 5.69 Å². The Balaban J connectivity index is 2.26. The molecule has 0 radical (unpaired) electrons. The molecule has 0 unspecified atom stereocenters. The fraction of sp³-hybridized carbons (Fsp3) is 0.308. The minimum absolute atomic E-state index is 0.160. The van der Waals surface area contributed by atoms with E-state index in [1.54, 1.807) is 31.3 Å². The molecule has 2 rings (SSSR count). The lowest BCUT2D eigenvalue weighted by Crippen LogP contribution is -2.12. The van der Waals surface area contributed by atoms with Gasteiger partial charge in [-0.05, 0) is 24.7 Å². The molecule has 1 N–H and O–H groups in total. The molecule has 0 aliphatic heterocycles. The van der Waals surface area contributed by atoms with E-state index in [1.807, 2.05) is 0 Å². The summed E-state index contributed by atoms with van der Waals surface area (Å²) in [5.74, 6) is 0. The summed E-state index contributed by atoms with van der Waals surface area (Å²) in [7, 11) is 1.61. The van der Waals surface area contributed by atoms with E-state index in [9.17, 15) is 13.2 Å². The maximum atomic E-state index is 12.9. The van der Waals surface area contributed by atoms with Crippen LogP contribution < -0.4 is 5.32 Å². The van der Waals surface area contributed by atoms with Gasteiger partial charge in [-0.25, -0.2) is 4.98 Å². The van der Waals surface area contributed by atoms with Crippen LogP contribution in [-0.4, -0.2) is 12.0 Å². The molecule has 0 bridgehead atoms. The molecule has 1 aromatic heterocycles. The number of aromatic nitrogens is 1. The van der Waals surface area contributed by atoms with Crippen LogP contribution in [0.4, 0.5) is 13.2 Å². The van der Waals surface area contributed by atoms with Crippen LogP contribution >= 0.6 is 22.9 Å². The molecule has 1 heterocycles. The van der Waals surface area contributed by atoms with Crippen LogP contribution in [0, 0.1) is 0 Å². The smallest absolute Gasteiger partial charge is 0.315 e. The number of thiazole rings is 1. The number of rotatable bonds is 4. The summed E-state index contributed by atoms with van der Waals surface area (Å²) in [4.78, 5) is 3.95. The van der Waals surface area contributed by atoms with Crippen molar-refractivity contribution in [2.24, 2.45) is 0 Å². The predicted molar refractivity (Wildman–Crippen MR) is 74.1 cm³/mol. The number of nitrogens with zero attached hydrogens (tertiary/aromatic N) is 1. The average Bonchev–Trinajstić information content (AvgIpc) is 2.75. The normalized spacial score (nSPS) is 11.8. The van der Waals surface area contributed by atoms with Gasteiger partial charge in [0.1, 0.15) is 0 Å². The van der Waals surface area contributed by atoms with E-state index in [4.69, 9.17) is 11.6 Å². The average molecular weight is 321 g/mol. The predicted octanol–water partition coefficient (Wildman–Crippen LogP) is 4.13. The van der Waals surface area contributed by atoms with Gasteiger partial charge >= 0.3 is 6.18 Å². The molecule has 2 aromatic rings. The van der Waals surface area contributed by atoms with Crippen molar-refractivity contribution in [3.63, 3.8) is 0 Å². The van der Waals surface area contributed by atoms with E-state index < -0.39 is 11.9 Å². The van der Waals surface area contributed by atoms with Crippen molar-refractivity contribution in [3.05, 3.63) is 50.4 Å². The first kappa shape index (κ1) is 15.3. The number of halogens is 4. The summed E-state index contributed by atoms with van der Waals surface area (Å²) in [5, 5.41) is 3.78. The van der Waals surface area contributed by atoms with Gasteiger partial charge in [0.2, 0.25) is 0 Å². The number of nitrogens with one attached hydrogen (secondary N) is 1. The Labute approximate surface area is 123 Å². The summed E-state index contributed by atoms with van der Waals surface area (Å²) in [6.45, 7) is 0.160. The van der Waals surface area contributed by atoms with Crippen LogP contribution in [0.3, 0.4) is 0 Å². The molecule has 108 valence electrons. The molecule has 0 fully saturated rings. The van der Waals surface area contributed by atoms with Crippen LogP contribution in [0.15, 0.2) is 24.3 Å². The van der Waals surface area contributed by atoms with Crippen LogP contribution in [0.5, 0.6) is 0 Å². The Kier molecular flexibility index (Phi) is 4.67. The summed E-state index contributed by atoms with van der Waals surface area (Å²) in [6, 6.07) is 7.00. The molecule has 7 heteroatoms. The van der Waals surface area contributed by atoms with E-state index in [2.05, 4.69) is 10.3 Å². The third kappa shape index (κ3) is 3.71. The lowest BCUT2D eigenvalue weighted by molar-refractivity contribution is -0.141. The molecule has 20 heavy (non-hydrogen) atoms. The van der Waals surface area contributed by atoms with Crippen molar-refractivity contribution < 1.29 is 13.2 Å². The van der Waals surface area contributed by atoms with Gasteiger partial charge in [0.25, 0.3) is 0 Å². The third-order valence-corrected chi connectivity index (χ3v) is 3.92. The zero-order valence-corrected chi connectivity index (χ0v) is 12.2. The topological polar surface area (TPSA) is 24.9 Å². The number of hydrogen-bond acceptors (Lipinski definition) is 3. The van der Waals surface area contributed by atoms with E-state index in [0.717, 1.165) is 16.9 Å². The Hall–Kier alpha value is -1.11. The van der Waals surface area contributed by atoms with E-state index in [-0.39, 0.29) is 11.4 Å². The van der Waals surface area contributed by atoms with Crippen LogP contribution in [0.2, 0.25) is 5.02 Å². The second-order valence-electron chi connectivity index (χ2n) is 4.21. The summed E-state index contributed by atoms with van der Waals surface area (Å²) in [5.41, 5.74) is 0.0914. The van der Waals surface area contributed by atoms with Crippen LogP contribution in [0.25, 0.3) is 0 Å². The summed E-state index contributed by atoms with van der Waals surface area (Å²) < 4.78 is 38.6. The lowest BCUT2D eigenvalue weighted by Gasteiger charge is -2.04. The maximum Gasteiger partial charge on any atom is 0.434 e. The molecule has 0 spiro atoms. The van der Waals surface area contributed by atoms with Crippen molar-refractivity contribution in [2.45, 2.75) is 19.1 Å². The van der Waals surface area contributed by atoms with Gasteiger partial charge in [-0.3, -0.25) is 0 Å². The Bertz CT molecular complexity index is 578. The van der Waals surface area contributed by atoms with Gasteiger partial charge in [0, 0.05) is 18.0 Å². The highest BCUT2D eigenvalue weighted by Crippen LogP contribution is 2.35. The second-order valence-corrected chi connectivity index (χ2v) is 5.82. The Morgan fingerprint density at radius 2 is 1.90 bits per heavy atom. The molecular formula is C13H12ClF3N2S. The lowest BCUT2D eigenvalue weighted by atomic mass is 10.2. The number of benzene rings is 1. The number of hydrogen-bond donors (Lipinski definition) is 1. The summed E-state index contributed by atoms with van der Waals surface area (Å²) >= 11 is 6.86. The zero-order valence-electron chi connectivity index (χ0n) is 10.6. The number of alkyl halides is 3. The van der Waals surface area contributed by atoms with Gasteiger partial charge in [-0.1, -0.05) is 23.7 Å². The molecule has 0 aliphatic rings. The highest BCUT2D eigenvalue weighted by Gasteiger charge is 2.37. The van der Waals surface area contributed by atoms with E-state index in [1.165, 1.54) is 0 Å². The highest BCUT2D eigenvalue weighted by atomic mass is 35.5. The van der Waals surface area contributed by atoms with E-state index >= 15 is 0 Å². The Morgan fingerprint density at radius 3 is 2.45 bits per heavy atom. The van der Waals surface area contributed by atoms with Crippen molar-refractivity contribution in [1.82, 2.24) is 10.3 Å². The standard InChI is InChI=1S/C13H12ClF3N2S/c1-18-7-10-12(13(15,16)17)19-11(20-10)6-8-2-4-9(14)5-3-8/h2-5,18H,6-7H2,1H3. The summed E-state index contributed by atoms with van der Waals surface area (Å²) in [6.07, 6.45) is -4.05. The molecule has 1 aromatic carbocycles. The minimum Gasteiger partial charge on any atom is -0.315 e. The molecule has 2 nitrogen and oxygen atoms in total. The SMILES string of the molecule is CNCc1sc(Cc2ccc(Cl)cc2)nc1C(F)(F)F.